The highest BCUT2D eigenvalue weighted by atomic mass is 16.3. The highest BCUT2D eigenvalue weighted by Crippen LogP contribution is 2.11. The Kier molecular flexibility index (Phi) is 4.18. The average molecular weight is 255 g/mol. The predicted molar refractivity (Wildman–Crippen MR) is 75.2 cm³/mol. The van der Waals surface area contributed by atoms with E-state index in [-0.39, 0.29) is 11.7 Å². The van der Waals surface area contributed by atoms with Crippen molar-refractivity contribution >= 4 is 5.91 Å². The lowest BCUT2D eigenvalue weighted by Crippen LogP contribution is -2.28. The standard InChI is InChI=1S/C16H17NO2/c1-17(16(19)14-5-3-2-4-6-14)12-11-13-7-9-15(18)10-8-13/h2-10,18H,11-12H2,1H3. The van der Waals surface area contributed by atoms with Gasteiger partial charge in [-0.2, -0.15) is 0 Å². The van der Waals surface area contributed by atoms with Crippen molar-refractivity contribution in [2.75, 3.05) is 13.6 Å². The molecule has 3 heteroatoms. The molecule has 0 saturated heterocycles. The second kappa shape index (κ2) is 6.05. The van der Waals surface area contributed by atoms with Crippen molar-refractivity contribution in [3.63, 3.8) is 0 Å². The van der Waals surface area contributed by atoms with Crippen LogP contribution in [-0.4, -0.2) is 29.5 Å². The van der Waals surface area contributed by atoms with Gasteiger partial charge in [0.25, 0.3) is 5.91 Å². The SMILES string of the molecule is CN(CCc1ccc(O)cc1)C(=O)c1ccccc1. The summed E-state index contributed by atoms with van der Waals surface area (Å²) < 4.78 is 0. The number of amides is 1. The van der Waals surface area contributed by atoms with E-state index in [1.54, 1.807) is 24.1 Å². The zero-order valence-electron chi connectivity index (χ0n) is 10.9. The van der Waals surface area contributed by atoms with Gasteiger partial charge in [0, 0.05) is 19.2 Å². The molecular formula is C16H17NO2. The molecule has 2 rings (SSSR count). The second-order valence-electron chi connectivity index (χ2n) is 4.51. The quantitative estimate of drug-likeness (QED) is 0.912. The van der Waals surface area contributed by atoms with Crippen molar-refractivity contribution < 1.29 is 9.90 Å². The van der Waals surface area contributed by atoms with E-state index in [9.17, 15) is 9.90 Å². The lowest BCUT2D eigenvalue weighted by molar-refractivity contribution is 0.0796. The second-order valence-corrected chi connectivity index (χ2v) is 4.51. The summed E-state index contributed by atoms with van der Waals surface area (Å²) in [4.78, 5) is 13.8. The van der Waals surface area contributed by atoms with Crippen LogP contribution < -0.4 is 0 Å². The first-order chi connectivity index (χ1) is 9.16. The summed E-state index contributed by atoms with van der Waals surface area (Å²) >= 11 is 0. The number of rotatable bonds is 4. The third-order valence-corrected chi connectivity index (χ3v) is 3.04. The van der Waals surface area contributed by atoms with Crippen molar-refractivity contribution in [3.8, 4) is 5.75 Å². The number of carbonyl (C=O) groups excluding carboxylic acids is 1. The topological polar surface area (TPSA) is 40.5 Å². The van der Waals surface area contributed by atoms with E-state index in [1.165, 1.54) is 0 Å². The third kappa shape index (κ3) is 3.58. The van der Waals surface area contributed by atoms with E-state index >= 15 is 0 Å². The van der Waals surface area contributed by atoms with E-state index in [1.807, 2.05) is 42.5 Å². The molecule has 0 aromatic heterocycles. The molecule has 0 radical (unpaired) electrons. The minimum atomic E-state index is 0.0272. The molecule has 0 aliphatic heterocycles. The lowest BCUT2D eigenvalue weighted by atomic mass is 10.1. The molecule has 0 heterocycles. The number of benzene rings is 2. The molecule has 0 saturated carbocycles. The van der Waals surface area contributed by atoms with Crippen molar-refractivity contribution in [2.45, 2.75) is 6.42 Å². The van der Waals surface area contributed by atoms with Gasteiger partial charge in [0.1, 0.15) is 5.75 Å². The molecule has 98 valence electrons. The predicted octanol–water partition coefficient (Wildman–Crippen LogP) is 2.71. The number of carbonyl (C=O) groups is 1. The van der Waals surface area contributed by atoms with Gasteiger partial charge in [0.15, 0.2) is 0 Å². The van der Waals surface area contributed by atoms with Gasteiger partial charge in [0.05, 0.1) is 0 Å². The van der Waals surface area contributed by atoms with E-state index in [2.05, 4.69) is 0 Å². The van der Waals surface area contributed by atoms with Gasteiger partial charge in [-0.1, -0.05) is 30.3 Å². The number of nitrogens with zero attached hydrogens (tertiary/aromatic N) is 1. The fourth-order valence-electron chi connectivity index (χ4n) is 1.86. The van der Waals surface area contributed by atoms with Crippen LogP contribution in [0.3, 0.4) is 0 Å². The van der Waals surface area contributed by atoms with Crippen LogP contribution in [0.2, 0.25) is 0 Å². The van der Waals surface area contributed by atoms with Gasteiger partial charge in [0.2, 0.25) is 0 Å². The highest BCUT2D eigenvalue weighted by molar-refractivity contribution is 5.93. The van der Waals surface area contributed by atoms with E-state index in [0.717, 1.165) is 12.0 Å². The van der Waals surface area contributed by atoms with E-state index in [0.29, 0.717) is 12.1 Å². The first kappa shape index (κ1) is 13.1. The van der Waals surface area contributed by atoms with Crippen LogP contribution in [0.25, 0.3) is 0 Å². The molecule has 2 aromatic rings. The van der Waals surface area contributed by atoms with Gasteiger partial charge in [-0.15, -0.1) is 0 Å². The van der Waals surface area contributed by atoms with Crippen LogP contribution in [0.5, 0.6) is 5.75 Å². The van der Waals surface area contributed by atoms with E-state index in [4.69, 9.17) is 0 Å². The number of hydrogen-bond acceptors (Lipinski definition) is 2. The summed E-state index contributed by atoms with van der Waals surface area (Å²) in [6.07, 6.45) is 0.773. The van der Waals surface area contributed by atoms with Crippen LogP contribution in [0.1, 0.15) is 15.9 Å². The Bertz CT molecular complexity index is 534. The van der Waals surface area contributed by atoms with Gasteiger partial charge in [-0.25, -0.2) is 0 Å². The van der Waals surface area contributed by atoms with Crippen LogP contribution in [0, 0.1) is 0 Å². The zero-order valence-corrected chi connectivity index (χ0v) is 10.9. The summed E-state index contributed by atoms with van der Waals surface area (Å²) in [5.74, 6) is 0.289. The van der Waals surface area contributed by atoms with E-state index < -0.39 is 0 Å². The summed E-state index contributed by atoms with van der Waals surface area (Å²) in [7, 11) is 1.80. The molecule has 1 N–H and O–H groups in total. The smallest absolute Gasteiger partial charge is 0.253 e. The normalized spacial score (nSPS) is 10.2. The molecule has 0 bridgehead atoms. The number of phenolic OH excluding ortho intramolecular Hbond substituents is 1. The Labute approximate surface area is 113 Å². The maximum absolute atomic E-state index is 12.1. The molecule has 0 fully saturated rings. The maximum atomic E-state index is 12.1. The molecule has 2 aromatic carbocycles. The minimum absolute atomic E-state index is 0.0272. The Morgan fingerprint density at radius 3 is 2.32 bits per heavy atom. The summed E-state index contributed by atoms with van der Waals surface area (Å²) in [6, 6.07) is 16.3. The Hall–Kier alpha value is -2.29. The fourth-order valence-corrected chi connectivity index (χ4v) is 1.86. The summed E-state index contributed by atoms with van der Waals surface area (Å²) in [5, 5.41) is 9.21. The van der Waals surface area contributed by atoms with Gasteiger partial charge < -0.3 is 10.0 Å². The number of hydrogen-bond donors (Lipinski definition) is 1. The molecule has 0 aliphatic rings. The third-order valence-electron chi connectivity index (χ3n) is 3.04. The van der Waals surface area contributed by atoms with Crippen LogP contribution in [-0.2, 0) is 6.42 Å². The summed E-state index contributed by atoms with van der Waals surface area (Å²) in [6.45, 7) is 0.651. The average Bonchev–Trinajstić information content (AvgIpc) is 2.46. The highest BCUT2D eigenvalue weighted by Gasteiger charge is 2.10. The van der Waals surface area contributed by atoms with Crippen LogP contribution in [0.4, 0.5) is 0 Å². The van der Waals surface area contributed by atoms with Crippen LogP contribution >= 0.6 is 0 Å². The number of phenols is 1. The Morgan fingerprint density at radius 2 is 1.68 bits per heavy atom. The zero-order chi connectivity index (χ0) is 13.7. The number of likely N-dealkylation sites (N-methyl/N-ethyl adjacent to an activating group) is 1. The molecule has 0 spiro atoms. The van der Waals surface area contributed by atoms with Crippen molar-refractivity contribution in [1.82, 2.24) is 4.90 Å². The van der Waals surface area contributed by atoms with Crippen LogP contribution in [0.15, 0.2) is 54.6 Å². The molecule has 0 unspecified atom stereocenters. The largest absolute Gasteiger partial charge is 0.508 e. The lowest BCUT2D eigenvalue weighted by Gasteiger charge is -2.17. The van der Waals surface area contributed by atoms with Crippen molar-refractivity contribution in [1.29, 1.82) is 0 Å². The minimum Gasteiger partial charge on any atom is -0.508 e. The van der Waals surface area contributed by atoms with Crippen molar-refractivity contribution in [3.05, 3.63) is 65.7 Å². The molecular weight excluding hydrogens is 238 g/mol. The first-order valence-electron chi connectivity index (χ1n) is 6.25. The van der Waals surface area contributed by atoms with Gasteiger partial charge in [-0.3, -0.25) is 4.79 Å². The van der Waals surface area contributed by atoms with Gasteiger partial charge >= 0.3 is 0 Å². The molecule has 3 nitrogen and oxygen atoms in total. The molecule has 19 heavy (non-hydrogen) atoms. The molecule has 0 atom stereocenters. The first-order valence-corrected chi connectivity index (χ1v) is 6.25. The Balaban J connectivity index is 1.92. The van der Waals surface area contributed by atoms with Crippen molar-refractivity contribution in [2.24, 2.45) is 0 Å². The number of aromatic hydroxyl groups is 1. The molecule has 0 aliphatic carbocycles. The van der Waals surface area contributed by atoms with Gasteiger partial charge in [-0.05, 0) is 36.2 Å². The monoisotopic (exact) mass is 255 g/mol. The Morgan fingerprint density at radius 1 is 1.05 bits per heavy atom. The maximum Gasteiger partial charge on any atom is 0.253 e. The summed E-state index contributed by atoms with van der Waals surface area (Å²) in [5.41, 5.74) is 1.81. The molecule has 1 amide bonds. The fraction of sp³-hybridized carbons (Fsp3) is 0.188.